The molecule has 0 aromatic heterocycles. The van der Waals surface area contributed by atoms with Gasteiger partial charge in [-0.25, -0.2) is 0 Å². The minimum absolute atomic E-state index is 0.207. The minimum Gasteiger partial charge on any atom is -0.506 e. The summed E-state index contributed by atoms with van der Waals surface area (Å²) in [6, 6.07) is 13.3. The summed E-state index contributed by atoms with van der Waals surface area (Å²) in [6.07, 6.45) is -0.207. The number of aromatic hydroxyl groups is 1. The smallest absolute Gasteiger partial charge is 0.138 e. The normalized spacial score (nSPS) is 12.4. The molecule has 0 aliphatic heterocycles. The highest BCUT2D eigenvalue weighted by Gasteiger charge is 2.17. The molecule has 0 bridgehead atoms. The van der Waals surface area contributed by atoms with Crippen molar-refractivity contribution in [2.24, 2.45) is 0 Å². The summed E-state index contributed by atoms with van der Waals surface area (Å²) in [5, 5.41) is 10.7. The topological polar surface area (TPSA) is 35.9 Å². The number of benzene rings is 2. The number of halogens is 1. The van der Waals surface area contributed by atoms with Crippen LogP contribution < -0.4 is 4.90 Å². The van der Waals surface area contributed by atoms with Gasteiger partial charge in [0.15, 0.2) is 0 Å². The molecular formula is C19H25ClN2O2. The van der Waals surface area contributed by atoms with Crippen LogP contribution in [0, 0.1) is 0 Å². The molecule has 2 aromatic rings. The third-order valence-corrected chi connectivity index (χ3v) is 4.03. The zero-order chi connectivity index (χ0) is 17.7. The molecule has 130 valence electrons. The van der Waals surface area contributed by atoms with Crippen LogP contribution in [0.3, 0.4) is 0 Å². The van der Waals surface area contributed by atoms with Crippen LogP contribution in [0.25, 0.3) is 0 Å². The van der Waals surface area contributed by atoms with E-state index in [1.165, 1.54) is 0 Å². The maximum absolute atomic E-state index is 10.0. The first kappa shape index (κ1) is 18.6. The number of hydrogen-bond acceptors (Lipinski definition) is 4. The molecule has 4 nitrogen and oxygen atoms in total. The lowest BCUT2D eigenvalue weighted by atomic mass is 10.0. The van der Waals surface area contributed by atoms with Crippen LogP contribution in [0.4, 0.5) is 5.69 Å². The van der Waals surface area contributed by atoms with E-state index >= 15 is 0 Å². The van der Waals surface area contributed by atoms with Gasteiger partial charge >= 0.3 is 0 Å². The molecule has 0 radical (unpaired) electrons. The van der Waals surface area contributed by atoms with Gasteiger partial charge in [-0.15, -0.1) is 0 Å². The van der Waals surface area contributed by atoms with Crippen molar-refractivity contribution in [3.05, 3.63) is 58.6 Å². The van der Waals surface area contributed by atoms with Gasteiger partial charge in [-0.3, -0.25) is 0 Å². The van der Waals surface area contributed by atoms with Gasteiger partial charge in [-0.1, -0.05) is 29.8 Å². The molecule has 0 aliphatic carbocycles. The van der Waals surface area contributed by atoms with E-state index in [-0.39, 0.29) is 11.9 Å². The largest absolute Gasteiger partial charge is 0.506 e. The summed E-state index contributed by atoms with van der Waals surface area (Å²) in [7, 11) is 7.85. The summed E-state index contributed by atoms with van der Waals surface area (Å²) in [5.41, 5.74) is 2.80. The fourth-order valence-corrected chi connectivity index (χ4v) is 2.56. The van der Waals surface area contributed by atoms with E-state index < -0.39 is 0 Å². The van der Waals surface area contributed by atoms with E-state index in [1.54, 1.807) is 6.07 Å². The number of phenols is 1. The Morgan fingerprint density at radius 2 is 1.62 bits per heavy atom. The predicted octanol–water partition coefficient (Wildman–Crippen LogP) is 3.78. The molecule has 1 N–H and O–H groups in total. The van der Waals surface area contributed by atoms with Crippen LogP contribution >= 0.6 is 11.6 Å². The van der Waals surface area contributed by atoms with E-state index in [2.05, 4.69) is 4.90 Å². The fourth-order valence-electron chi connectivity index (χ4n) is 2.44. The SMILES string of the molecule is CN(C)CCOC(c1ccc(Cl)cc1)c1ccc(O)c(N(C)C)c1. The average Bonchev–Trinajstić information content (AvgIpc) is 2.53. The van der Waals surface area contributed by atoms with Gasteiger partial charge in [0.1, 0.15) is 11.9 Å². The Bertz CT molecular complexity index is 657. The van der Waals surface area contributed by atoms with Gasteiger partial charge in [0.05, 0.1) is 12.3 Å². The highest BCUT2D eigenvalue weighted by Crippen LogP contribution is 2.33. The molecular weight excluding hydrogens is 324 g/mol. The van der Waals surface area contributed by atoms with Gasteiger partial charge in [0.25, 0.3) is 0 Å². The minimum atomic E-state index is -0.207. The van der Waals surface area contributed by atoms with E-state index in [9.17, 15) is 5.11 Å². The Morgan fingerprint density at radius 3 is 2.21 bits per heavy atom. The summed E-state index contributed by atoms with van der Waals surface area (Å²) >= 11 is 6.01. The molecule has 24 heavy (non-hydrogen) atoms. The zero-order valence-corrected chi connectivity index (χ0v) is 15.4. The van der Waals surface area contributed by atoms with Gasteiger partial charge in [-0.2, -0.15) is 0 Å². The Balaban J connectivity index is 2.34. The maximum Gasteiger partial charge on any atom is 0.138 e. The highest BCUT2D eigenvalue weighted by molar-refractivity contribution is 6.30. The van der Waals surface area contributed by atoms with Crippen LogP contribution in [0.5, 0.6) is 5.75 Å². The summed E-state index contributed by atoms with van der Waals surface area (Å²) in [4.78, 5) is 3.97. The first-order valence-electron chi connectivity index (χ1n) is 7.90. The quantitative estimate of drug-likeness (QED) is 0.826. The van der Waals surface area contributed by atoms with Crippen LogP contribution in [0.15, 0.2) is 42.5 Å². The second-order valence-corrected chi connectivity index (χ2v) is 6.68. The second-order valence-electron chi connectivity index (χ2n) is 6.25. The molecule has 0 heterocycles. The lowest BCUT2D eigenvalue weighted by molar-refractivity contribution is 0.0687. The van der Waals surface area contributed by atoms with Crippen LogP contribution in [0.2, 0.25) is 5.02 Å². The second kappa shape index (κ2) is 8.38. The molecule has 1 atom stereocenters. The van der Waals surface area contributed by atoms with Crippen molar-refractivity contribution in [2.45, 2.75) is 6.10 Å². The fraction of sp³-hybridized carbons (Fsp3) is 0.368. The van der Waals surface area contributed by atoms with Gasteiger partial charge < -0.3 is 19.6 Å². The Morgan fingerprint density at radius 1 is 1.00 bits per heavy atom. The number of phenolic OH excluding ortho intramolecular Hbond substituents is 1. The summed E-state index contributed by atoms with van der Waals surface area (Å²) in [5.74, 6) is 0.256. The molecule has 0 saturated carbocycles. The number of ether oxygens (including phenoxy) is 1. The highest BCUT2D eigenvalue weighted by atomic mass is 35.5. The van der Waals surface area contributed by atoms with E-state index in [0.29, 0.717) is 11.6 Å². The monoisotopic (exact) mass is 348 g/mol. The van der Waals surface area contributed by atoms with E-state index in [0.717, 1.165) is 23.4 Å². The first-order valence-corrected chi connectivity index (χ1v) is 8.28. The van der Waals surface area contributed by atoms with Crippen molar-refractivity contribution in [3.8, 4) is 5.75 Å². The number of rotatable bonds is 7. The summed E-state index contributed by atoms with van der Waals surface area (Å²) in [6.45, 7) is 1.45. The first-order chi connectivity index (χ1) is 11.4. The maximum atomic E-state index is 10.0. The molecule has 0 saturated heterocycles. The molecule has 0 spiro atoms. The Labute approximate surface area is 149 Å². The van der Waals surface area contributed by atoms with Crippen LogP contribution in [-0.2, 0) is 4.74 Å². The average molecular weight is 349 g/mol. The van der Waals surface area contributed by atoms with Crippen molar-refractivity contribution in [3.63, 3.8) is 0 Å². The molecule has 2 aromatic carbocycles. The molecule has 0 amide bonds. The Kier molecular flexibility index (Phi) is 6.49. The van der Waals surface area contributed by atoms with Crippen molar-refractivity contribution in [1.82, 2.24) is 4.90 Å². The predicted molar refractivity (Wildman–Crippen MR) is 100 cm³/mol. The van der Waals surface area contributed by atoms with Crippen molar-refractivity contribution in [2.75, 3.05) is 46.2 Å². The third-order valence-electron chi connectivity index (χ3n) is 3.78. The molecule has 0 aliphatic rings. The van der Waals surface area contributed by atoms with Crippen molar-refractivity contribution in [1.29, 1.82) is 0 Å². The van der Waals surface area contributed by atoms with E-state index in [1.807, 2.05) is 69.5 Å². The van der Waals surface area contributed by atoms with Gasteiger partial charge in [0.2, 0.25) is 0 Å². The third kappa shape index (κ3) is 4.87. The number of likely N-dealkylation sites (N-methyl/N-ethyl adjacent to an activating group) is 1. The Hall–Kier alpha value is -1.75. The molecule has 0 fully saturated rings. The van der Waals surface area contributed by atoms with E-state index in [4.69, 9.17) is 16.3 Å². The zero-order valence-electron chi connectivity index (χ0n) is 14.7. The lowest BCUT2D eigenvalue weighted by Gasteiger charge is -2.23. The van der Waals surface area contributed by atoms with Crippen molar-refractivity contribution < 1.29 is 9.84 Å². The van der Waals surface area contributed by atoms with Gasteiger partial charge in [0, 0.05) is 25.7 Å². The molecule has 1 unspecified atom stereocenters. The summed E-state index contributed by atoms with van der Waals surface area (Å²) < 4.78 is 6.15. The van der Waals surface area contributed by atoms with Gasteiger partial charge in [-0.05, 0) is 49.5 Å². The van der Waals surface area contributed by atoms with Crippen LogP contribution in [-0.4, -0.2) is 51.3 Å². The molecule has 2 rings (SSSR count). The van der Waals surface area contributed by atoms with Crippen LogP contribution in [0.1, 0.15) is 17.2 Å². The standard InChI is InChI=1S/C19H25ClN2O2/c1-21(2)11-12-24-19(14-5-8-16(20)9-6-14)15-7-10-18(23)17(13-15)22(3)4/h5-10,13,19,23H,11-12H2,1-4H3. The lowest BCUT2D eigenvalue weighted by Crippen LogP contribution is -2.20. The molecule has 5 heteroatoms. The number of hydrogen-bond donors (Lipinski definition) is 1. The number of anilines is 1. The number of nitrogens with zero attached hydrogens (tertiary/aromatic N) is 2. The van der Waals surface area contributed by atoms with Crippen molar-refractivity contribution >= 4 is 17.3 Å².